The van der Waals surface area contributed by atoms with Gasteiger partial charge in [0, 0.05) is 23.7 Å². The first-order valence-electron chi connectivity index (χ1n) is 6.86. The van der Waals surface area contributed by atoms with Crippen LogP contribution in [0.5, 0.6) is 5.75 Å². The number of carbonyl (C=O) groups excluding carboxylic acids is 1. The number of thiazole rings is 1. The lowest BCUT2D eigenvalue weighted by molar-refractivity contribution is 0.0679. The lowest BCUT2D eigenvalue weighted by Gasteiger charge is -2.11. The Morgan fingerprint density at radius 3 is 2.95 bits per heavy atom. The van der Waals surface area contributed by atoms with Gasteiger partial charge in [0.2, 0.25) is 0 Å². The molecule has 1 aliphatic heterocycles. The standard InChI is InChI=1S/C15H16N2O3S/c18-14(17-15-16-7-9-21-15)11-3-5-12(6-4-11)20-10-13-2-1-8-19-13/h3-7,9,13H,1-2,8,10H2,(H,16,17,18)/t13-/m1/s1. The number of anilines is 1. The molecule has 21 heavy (non-hydrogen) atoms. The lowest BCUT2D eigenvalue weighted by atomic mass is 10.2. The predicted octanol–water partition coefficient (Wildman–Crippen LogP) is 2.95. The van der Waals surface area contributed by atoms with Gasteiger partial charge in [0.25, 0.3) is 5.91 Å². The fourth-order valence-corrected chi connectivity index (χ4v) is 2.65. The number of hydrogen-bond donors (Lipinski definition) is 1. The maximum absolute atomic E-state index is 12.0. The minimum atomic E-state index is -0.171. The van der Waals surface area contributed by atoms with Crippen LogP contribution in [0.15, 0.2) is 35.8 Å². The third-order valence-electron chi connectivity index (χ3n) is 3.23. The van der Waals surface area contributed by atoms with E-state index >= 15 is 0 Å². The molecule has 5 nitrogen and oxygen atoms in total. The molecule has 3 rings (SSSR count). The van der Waals surface area contributed by atoms with E-state index in [0.717, 1.165) is 25.2 Å². The molecule has 6 heteroatoms. The molecule has 1 N–H and O–H groups in total. The van der Waals surface area contributed by atoms with Crippen molar-refractivity contribution >= 4 is 22.4 Å². The van der Waals surface area contributed by atoms with Gasteiger partial charge in [0.05, 0.1) is 6.10 Å². The molecule has 0 radical (unpaired) electrons. The number of ether oxygens (including phenoxy) is 2. The molecule has 1 aromatic heterocycles. The molecule has 0 unspecified atom stereocenters. The van der Waals surface area contributed by atoms with Crippen LogP contribution in [0.1, 0.15) is 23.2 Å². The molecule has 0 aliphatic carbocycles. The van der Waals surface area contributed by atoms with Crippen LogP contribution in [0, 0.1) is 0 Å². The van der Waals surface area contributed by atoms with Crippen molar-refractivity contribution in [1.82, 2.24) is 4.98 Å². The molecule has 110 valence electrons. The summed E-state index contributed by atoms with van der Waals surface area (Å²) in [7, 11) is 0. The largest absolute Gasteiger partial charge is 0.491 e. The summed E-state index contributed by atoms with van der Waals surface area (Å²) in [5.41, 5.74) is 0.578. The highest BCUT2D eigenvalue weighted by molar-refractivity contribution is 7.13. The number of rotatable bonds is 5. The van der Waals surface area contributed by atoms with Crippen LogP contribution in [0.4, 0.5) is 5.13 Å². The Bertz CT molecular complexity index is 577. The number of benzene rings is 1. The number of nitrogens with one attached hydrogen (secondary N) is 1. The summed E-state index contributed by atoms with van der Waals surface area (Å²) in [6, 6.07) is 7.08. The molecule has 0 spiro atoms. The van der Waals surface area contributed by atoms with Crippen LogP contribution in [0.2, 0.25) is 0 Å². The second kappa shape index (κ2) is 6.69. The topological polar surface area (TPSA) is 60.5 Å². The minimum absolute atomic E-state index is 0.171. The smallest absolute Gasteiger partial charge is 0.257 e. The van der Waals surface area contributed by atoms with Crippen LogP contribution in [0.25, 0.3) is 0 Å². The van der Waals surface area contributed by atoms with E-state index in [1.807, 2.05) is 5.38 Å². The number of amides is 1. The van der Waals surface area contributed by atoms with Crippen LogP contribution >= 0.6 is 11.3 Å². The highest BCUT2D eigenvalue weighted by atomic mass is 32.1. The van der Waals surface area contributed by atoms with Crippen molar-refractivity contribution in [3.05, 3.63) is 41.4 Å². The summed E-state index contributed by atoms with van der Waals surface area (Å²) < 4.78 is 11.2. The monoisotopic (exact) mass is 304 g/mol. The Labute approximate surface area is 126 Å². The predicted molar refractivity (Wildman–Crippen MR) is 81.0 cm³/mol. The molecule has 0 bridgehead atoms. The van der Waals surface area contributed by atoms with Gasteiger partial charge in [0.1, 0.15) is 12.4 Å². The third kappa shape index (κ3) is 3.80. The SMILES string of the molecule is O=C(Nc1nccs1)c1ccc(OC[C@H]2CCCO2)cc1. The normalized spacial score (nSPS) is 17.6. The summed E-state index contributed by atoms with van der Waals surface area (Å²) in [5, 5.41) is 5.16. The molecule has 1 aliphatic rings. The maximum Gasteiger partial charge on any atom is 0.257 e. The Morgan fingerprint density at radius 1 is 1.43 bits per heavy atom. The number of hydrogen-bond acceptors (Lipinski definition) is 5. The first kappa shape index (κ1) is 14.0. The average molecular weight is 304 g/mol. The first-order valence-corrected chi connectivity index (χ1v) is 7.74. The highest BCUT2D eigenvalue weighted by Crippen LogP contribution is 2.18. The summed E-state index contributed by atoms with van der Waals surface area (Å²) in [4.78, 5) is 16.0. The molecule has 0 saturated carbocycles. The summed E-state index contributed by atoms with van der Waals surface area (Å²) in [6.45, 7) is 1.38. The Morgan fingerprint density at radius 2 is 2.29 bits per heavy atom. The van der Waals surface area contributed by atoms with E-state index in [4.69, 9.17) is 9.47 Å². The van der Waals surface area contributed by atoms with Crippen molar-refractivity contribution < 1.29 is 14.3 Å². The van der Waals surface area contributed by atoms with E-state index in [-0.39, 0.29) is 12.0 Å². The van der Waals surface area contributed by atoms with Gasteiger partial charge in [-0.15, -0.1) is 11.3 Å². The Hall–Kier alpha value is -1.92. The van der Waals surface area contributed by atoms with Gasteiger partial charge in [-0.3, -0.25) is 10.1 Å². The molecular formula is C15H16N2O3S. The molecule has 1 atom stereocenters. The van der Waals surface area contributed by atoms with Gasteiger partial charge in [0.15, 0.2) is 5.13 Å². The minimum Gasteiger partial charge on any atom is -0.491 e. The second-order valence-electron chi connectivity index (χ2n) is 4.76. The van der Waals surface area contributed by atoms with Crippen molar-refractivity contribution in [3.8, 4) is 5.75 Å². The van der Waals surface area contributed by atoms with Gasteiger partial charge in [-0.2, -0.15) is 0 Å². The number of nitrogens with zero attached hydrogens (tertiary/aromatic N) is 1. The van der Waals surface area contributed by atoms with Crippen molar-refractivity contribution in [2.24, 2.45) is 0 Å². The molecule has 2 aromatic rings. The van der Waals surface area contributed by atoms with Gasteiger partial charge in [-0.25, -0.2) is 4.98 Å². The van der Waals surface area contributed by atoms with E-state index in [2.05, 4.69) is 10.3 Å². The Kier molecular flexibility index (Phi) is 4.47. The van der Waals surface area contributed by atoms with Gasteiger partial charge in [-0.1, -0.05) is 0 Å². The van der Waals surface area contributed by atoms with Crippen LogP contribution in [0.3, 0.4) is 0 Å². The van der Waals surface area contributed by atoms with Crippen molar-refractivity contribution in [3.63, 3.8) is 0 Å². The van der Waals surface area contributed by atoms with Gasteiger partial charge >= 0.3 is 0 Å². The van der Waals surface area contributed by atoms with Crippen molar-refractivity contribution in [2.45, 2.75) is 18.9 Å². The average Bonchev–Trinajstić information content (AvgIpc) is 3.19. The van der Waals surface area contributed by atoms with Gasteiger partial charge < -0.3 is 9.47 Å². The zero-order chi connectivity index (χ0) is 14.5. The molecule has 2 heterocycles. The molecular weight excluding hydrogens is 288 g/mol. The summed E-state index contributed by atoms with van der Waals surface area (Å²) in [5.74, 6) is 0.576. The fraction of sp³-hybridized carbons (Fsp3) is 0.333. The van der Waals surface area contributed by atoms with Crippen molar-refractivity contribution in [1.29, 1.82) is 0 Å². The quantitative estimate of drug-likeness (QED) is 0.922. The van der Waals surface area contributed by atoms with Crippen LogP contribution in [-0.4, -0.2) is 30.2 Å². The lowest BCUT2D eigenvalue weighted by Crippen LogP contribution is -2.16. The fourth-order valence-electron chi connectivity index (χ4n) is 2.12. The van der Waals surface area contributed by atoms with E-state index in [1.54, 1.807) is 30.5 Å². The number of carbonyl (C=O) groups is 1. The molecule has 1 amide bonds. The van der Waals surface area contributed by atoms with Crippen molar-refractivity contribution in [2.75, 3.05) is 18.5 Å². The highest BCUT2D eigenvalue weighted by Gasteiger charge is 2.16. The third-order valence-corrected chi connectivity index (χ3v) is 3.92. The zero-order valence-corrected chi connectivity index (χ0v) is 12.3. The summed E-state index contributed by atoms with van der Waals surface area (Å²) >= 11 is 1.39. The Balaban J connectivity index is 1.54. The van der Waals surface area contributed by atoms with E-state index in [9.17, 15) is 4.79 Å². The van der Waals surface area contributed by atoms with E-state index in [1.165, 1.54) is 11.3 Å². The first-order chi connectivity index (χ1) is 10.3. The second-order valence-corrected chi connectivity index (χ2v) is 5.66. The van der Waals surface area contributed by atoms with Crippen LogP contribution in [-0.2, 0) is 4.74 Å². The van der Waals surface area contributed by atoms with Crippen LogP contribution < -0.4 is 10.1 Å². The van der Waals surface area contributed by atoms with E-state index < -0.39 is 0 Å². The number of aromatic nitrogens is 1. The zero-order valence-electron chi connectivity index (χ0n) is 11.5. The molecule has 1 aromatic carbocycles. The summed E-state index contributed by atoms with van der Waals surface area (Å²) in [6.07, 6.45) is 4.00. The van der Waals surface area contributed by atoms with E-state index in [0.29, 0.717) is 17.3 Å². The maximum atomic E-state index is 12.0. The molecule has 1 saturated heterocycles. The van der Waals surface area contributed by atoms with Gasteiger partial charge in [-0.05, 0) is 37.1 Å². The molecule has 1 fully saturated rings.